The van der Waals surface area contributed by atoms with Crippen LogP contribution in [-0.2, 0) is 28.3 Å². The first kappa shape index (κ1) is 25.9. The lowest BCUT2D eigenvalue weighted by Gasteiger charge is -2.31. The van der Waals surface area contributed by atoms with Crippen LogP contribution in [0.5, 0.6) is 0 Å². The Morgan fingerprint density at radius 2 is 1.56 bits per heavy atom. The largest absolute Gasteiger partial charge is 0.355 e. The van der Waals surface area contributed by atoms with Gasteiger partial charge in [0.25, 0.3) is 0 Å². The summed E-state index contributed by atoms with van der Waals surface area (Å²) in [5.74, 6) is 1.37. The first-order chi connectivity index (χ1) is 16.6. The lowest BCUT2D eigenvalue weighted by atomic mass is 10.0. The molecular formula is C28H31ClN2O2S. The topological polar surface area (TPSA) is 49.4 Å². The fourth-order valence-corrected chi connectivity index (χ4v) is 4.85. The average molecular weight is 495 g/mol. The second-order valence-corrected chi connectivity index (χ2v) is 9.58. The second kappa shape index (κ2) is 13.8. The van der Waals surface area contributed by atoms with E-state index >= 15 is 0 Å². The summed E-state index contributed by atoms with van der Waals surface area (Å²) in [6.07, 6.45) is 0.818. The smallest absolute Gasteiger partial charge is 0.243 e. The third-order valence-corrected chi connectivity index (χ3v) is 6.70. The van der Waals surface area contributed by atoms with Gasteiger partial charge in [-0.25, -0.2) is 0 Å². The predicted octanol–water partition coefficient (Wildman–Crippen LogP) is 5.74. The zero-order chi connectivity index (χ0) is 24.2. The Bertz CT molecular complexity index is 1050. The van der Waals surface area contributed by atoms with Crippen molar-refractivity contribution in [2.75, 3.05) is 12.3 Å². The minimum Gasteiger partial charge on any atom is -0.355 e. The van der Waals surface area contributed by atoms with Crippen molar-refractivity contribution in [2.24, 2.45) is 0 Å². The van der Waals surface area contributed by atoms with E-state index in [1.54, 1.807) is 16.7 Å². The van der Waals surface area contributed by atoms with E-state index in [-0.39, 0.29) is 11.8 Å². The highest BCUT2D eigenvalue weighted by atomic mass is 35.5. The highest BCUT2D eigenvalue weighted by Crippen LogP contribution is 2.20. The first-order valence-corrected chi connectivity index (χ1v) is 13.1. The van der Waals surface area contributed by atoms with E-state index in [2.05, 4.69) is 17.4 Å². The third kappa shape index (κ3) is 8.23. The average Bonchev–Trinajstić information content (AvgIpc) is 2.85. The number of halogens is 1. The van der Waals surface area contributed by atoms with E-state index < -0.39 is 6.04 Å². The van der Waals surface area contributed by atoms with Gasteiger partial charge in [0.2, 0.25) is 11.8 Å². The van der Waals surface area contributed by atoms with Crippen LogP contribution in [0.25, 0.3) is 0 Å². The van der Waals surface area contributed by atoms with E-state index in [0.717, 1.165) is 16.9 Å². The highest BCUT2D eigenvalue weighted by Gasteiger charge is 2.29. The summed E-state index contributed by atoms with van der Waals surface area (Å²) < 4.78 is 0. The first-order valence-electron chi connectivity index (χ1n) is 11.5. The summed E-state index contributed by atoms with van der Waals surface area (Å²) in [6, 6.07) is 26.9. The van der Waals surface area contributed by atoms with Gasteiger partial charge >= 0.3 is 0 Å². The number of rotatable bonds is 12. The van der Waals surface area contributed by atoms with E-state index in [9.17, 15) is 9.59 Å². The minimum absolute atomic E-state index is 0.0345. The molecule has 0 fully saturated rings. The Kier molecular flexibility index (Phi) is 10.5. The molecule has 4 nitrogen and oxygen atoms in total. The Morgan fingerprint density at radius 1 is 0.912 bits per heavy atom. The van der Waals surface area contributed by atoms with Crippen LogP contribution < -0.4 is 5.32 Å². The van der Waals surface area contributed by atoms with Crippen molar-refractivity contribution in [3.63, 3.8) is 0 Å². The highest BCUT2D eigenvalue weighted by molar-refractivity contribution is 7.98. The van der Waals surface area contributed by atoms with Crippen molar-refractivity contribution in [1.29, 1.82) is 0 Å². The molecule has 3 aromatic carbocycles. The Labute approximate surface area is 211 Å². The molecule has 2 amide bonds. The maximum Gasteiger partial charge on any atom is 0.243 e. The van der Waals surface area contributed by atoms with Crippen molar-refractivity contribution in [1.82, 2.24) is 10.2 Å². The van der Waals surface area contributed by atoms with Crippen LogP contribution in [0.2, 0.25) is 5.02 Å². The number of hydrogen-bond donors (Lipinski definition) is 1. The molecular weight excluding hydrogens is 464 g/mol. The van der Waals surface area contributed by atoms with E-state index in [4.69, 9.17) is 11.6 Å². The zero-order valence-electron chi connectivity index (χ0n) is 19.5. The number of hydrogen-bond acceptors (Lipinski definition) is 3. The maximum absolute atomic E-state index is 13.5. The van der Waals surface area contributed by atoms with Crippen LogP contribution in [0.4, 0.5) is 0 Å². The summed E-state index contributed by atoms with van der Waals surface area (Å²) in [7, 11) is 0. The summed E-state index contributed by atoms with van der Waals surface area (Å²) in [6.45, 7) is 2.73. The normalized spacial score (nSPS) is 11.6. The summed E-state index contributed by atoms with van der Waals surface area (Å²) in [4.78, 5) is 28.3. The van der Waals surface area contributed by atoms with Crippen molar-refractivity contribution < 1.29 is 9.59 Å². The molecule has 0 saturated heterocycles. The van der Waals surface area contributed by atoms with Gasteiger partial charge in [0, 0.05) is 42.5 Å². The Hall–Kier alpha value is -2.76. The van der Waals surface area contributed by atoms with Crippen LogP contribution >= 0.6 is 23.4 Å². The van der Waals surface area contributed by atoms with Crippen molar-refractivity contribution in [2.45, 2.75) is 38.1 Å². The van der Waals surface area contributed by atoms with Crippen LogP contribution in [0.15, 0.2) is 84.9 Å². The molecule has 0 unspecified atom stereocenters. The quantitative estimate of drug-likeness (QED) is 0.327. The number of carbonyl (C=O) groups is 2. The van der Waals surface area contributed by atoms with Crippen LogP contribution in [0.3, 0.4) is 0 Å². The molecule has 3 rings (SSSR count). The molecule has 0 heterocycles. The summed E-state index contributed by atoms with van der Waals surface area (Å²) in [5, 5.41) is 3.54. The van der Waals surface area contributed by atoms with Gasteiger partial charge in [0.1, 0.15) is 6.04 Å². The molecule has 0 saturated carbocycles. The van der Waals surface area contributed by atoms with Crippen molar-refractivity contribution >= 4 is 35.2 Å². The number of nitrogens with one attached hydrogen (secondary N) is 1. The van der Waals surface area contributed by atoms with Crippen LogP contribution in [0.1, 0.15) is 30.0 Å². The van der Waals surface area contributed by atoms with Crippen LogP contribution in [-0.4, -0.2) is 35.1 Å². The minimum atomic E-state index is -0.604. The number of benzene rings is 3. The molecule has 0 bridgehead atoms. The van der Waals surface area contributed by atoms with E-state index in [1.807, 2.05) is 79.7 Å². The van der Waals surface area contributed by atoms with Gasteiger partial charge in [-0.3, -0.25) is 9.59 Å². The summed E-state index contributed by atoms with van der Waals surface area (Å²) in [5.41, 5.74) is 3.15. The molecule has 3 aromatic rings. The van der Waals surface area contributed by atoms with Crippen molar-refractivity contribution in [3.8, 4) is 0 Å². The van der Waals surface area contributed by atoms with Gasteiger partial charge in [-0.1, -0.05) is 84.4 Å². The van der Waals surface area contributed by atoms with Crippen LogP contribution in [0, 0.1) is 0 Å². The van der Waals surface area contributed by atoms with Gasteiger partial charge < -0.3 is 10.2 Å². The molecule has 0 spiro atoms. The van der Waals surface area contributed by atoms with Gasteiger partial charge in [-0.15, -0.1) is 0 Å². The Morgan fingerprint density at radius 3 is 2.21 bits per heavy atom. The monoisotopic (exact) mass is 494 g/mol. The molecule has 0 aromatic heterocycles. The fraction of sp³-hybridized carbons (Fsp3) is 0.286. The van der Waals surface area contributed by atoms with Gasteiger partial charge in [-0.05, 0) is 35.7 Å². The fourth-order valence-electron chi connectivity index (χ4n) is 3.75. The lowest BCUT2D eigenvalue weighted by Crippen LogP contribution is -2.50. The molecule has 0 aliphatic rings. The number of likely N-dealkylation sites (N-methyl/N-ethyl adjacent to an activating group) is 1. The SMILES string of the molecule is CCNC(=O)[C@H](Cc1ccccc1)N(Cc1cccc(Cl)c1)C(=O)CCSCc1ccccc1. The molecule has 34 heavy (non-hydrogen) atoms. The van der Waals surface area contributed by atoms with E-state index in [1.165, 1.54) is 5.56 Å². The molecule has 0 aliphatic heterocycles. The standard InChI is InChI=1S/C28H31ClN2O2S/c1-2-30-28(33)26(19-22-10-5-3-6-11-22)31(20-24-14-9-15-25(29)18-24)27(32)16-17-34-21-23-12-7-4-8-13-23/h3-15,18,26H,2,16-17,19-21H2,1H3,(H,30,33)/t26-/m0/s1. The van der Waals surface area contributed by atoms with Gasteiger partial charge in [-0.2, -0.15) is 11.8 Å². The van der Waals surface area contributed by atoms with Gasteiger partial charge in [0.15, 0.2) is 0 Å². The molecule has 1 N–H and O–H groups in total. The third-order valence-electron chi connectivity index (χ3n) is 5.44. The molecule has 6 heteroatoms. The summed E-state index contributed by atoms with van der Waals surface area (Å²) >= 11 is 7.93. The number of carbonyl (C=O) groups excluding carboxylic acids is 2. The molecule has 0 radical (unpaired) electrons. The number of nitrogens with zero attached hydrogens (tertiary/aromatic N) is 1. The van der Waals surface area contributed by atoms with Gasteiger partial charge in [0.05, 0.1) is 0 Å². The molecule has 1 atom stereocenters. The number of amides is 2. The predicted molar refractivity (Wildman–Crippen MR) is 142 cm³/mol. The van der Waals surface area contributed by atoms with Crippen molar-refractivity contribution in [3.05, 3.63) is 107 Å². The molecule has 0 aliphatic carbocycles. The van der Waals surface area contributed by atoms with E-state index in [0.29, 0.717) is 36.7 Å². The lowest BCUT2D eigenvalue weighted by molar-refractivity contribution is -0.140. The zero-order valence-corrected chi connectivity index (χ0v) is 21.0. The molecule has 178 valence electrons. The maximum atomic E-state index is 13.5. The second-order valence-electron chi connectivity index (χ2n) is 8.04. The number of thioether (sulfide) groups is 1. The Balaban J connectivity index is 1.77.